The molecule has 1 N–H and O–H groups in total. The molecule has 0 saturated heterocycles. The molecule has 0 amide bonds. The molecule has 5 rings (SSSR count). The highest BCUT2D eigenvalue weighted by Gasteiger charge is 2.43. The zero-order valence-electron chi connectivity index (χ0n) is 24.4. The molecule has 41 heavy (non-hydrogen) atoms. The van der Waals surface area contributed by atoms with Crippen LogP contribution in [0.15, 0.2) is 71.2 Å². The Morgan fingerprint density at radius 1 is 1.10 bits per heavy atom. The average molecular weight is 557 g/mol. The third kappa shape index (κ3) is 5.75. The van der Waals surface area contributed by atoms with E-state index in [-0.39, 0.29) is 24.4 Å². The molecular weight excluding hydrogens is 520 g/mol. The molecule has 1 aliphatic carbocycles. The summed E-state index contributed by atoms with van der Waals surface area (Å²) in [6, 6.07) is 13.5. The fourth-order valence-corrected chi connectivity index (χ4v) is 5.57. The number of carbonyl (C=O) groups excluding carboxylic acids is 2. The van der Waals surface area contributed by atoms with Crippen molar-refractivity contribution in [1.82, 2.24) is 20.3 Å². The molecule has 2 aliphatic rings. The van der Waals surface area contributed by atoms with E-state index in [0.29, 0.717) is 46.9 Å². The summed E-state index contributed by atoms with van der Waals surface area (Å²) in [5.41, 5.74) is 5.91. The molecule has 1 aromatic heterocycles. The lowest BCUT2D eigenvalue weighted by atomic mass is 9.68. The Bertz CT molecular complexity index is 1550. The van der Waals surface area contributed by atoms with Crippen LogP contribution >= 0.6 is 0 Å². The maximum Gasteiger partial charge on any atom is 0.336 e. The number of aromatic nitrogens is 3. The number of allylic oxidation sites excluding steroid dienone is 3. The highest BCUT2D eigenvalue weighted by Crippen LogP contribution is 2.48. The molecule has 2 aromatic carbocycles. The molecule has 9 heteroatoms. The van der Waals surface area contributed by atoms with Crippen molar-refractivity contribution in [2.45, 2.75) is 60.0 Å². The molecule has 1 aliphatic heterocycles. The van der Waals surface area contributed by atoms with Gasteiger partial charge in [-0.2, -0.15) is 0 Å². The quantitative estimate of drug-likeness (QED) is 0.371. The minimum Gasteiger partial charge on any atom is -0.493 e. The first-order chi connectivity index (χ1) is 19.6. The first kappa shape index (κ1) is 28.1. The number of esters is 1. The van der Waals surface area contributed by atoms with E-state index in [4.69, 9.17) is 14.2 Å². The molecule has 3 aromatic rings. The minimum absolute atomic E-state index is 0.0269. The van der Waals surface area contributed by atoms with Gasteiger partial charge in [0, 0.05) is 29.3 Å². The topological polar surface area (TPSA) is 105 Å². The van der Waals surface area contributed by atoms with E-state index in [1.165, 1.54) is 5.56 Å². The predicted octanol–water partition coefficient (Wildman–Crippen LogP) is 5.33. The summed E-state index contributed by atoms with van der Waals surface area (Å²) in [7, 11) is 1.56. The summed E-state index contributed by atoms with van der Waals surface area (Å²) >= 11 is 0. The van der Waals surface area contributed by atoms with Gasteiger partial charge in [-0.1, -0.05) is 42.8 Å². The summed E-state index contributed by atoms with van der Waals surface area (Å²) in [4.78, 5) is 26.7. The van der Waals surface area contributed by atoms with Gasteiger partial charge in [-0.3, -0.25) is 4.79 Å². The number of dihydropyridines is 1. The molecular formula is C32H36N4O5. The van der Waals surface area contributed by atoms with E-state index in [0.717, 1.165) is 16.9 Å². The molecule has 1 unspecified atom stereocenters. The Morgan fingerprint density at radius 3 is 2.56 bits per heavy atom. The molecule has 1 atom stereocenters. The van der Waals surface area contributed by atoms with Crippen molar-refractivity contribution in [2.75, 3.05) is 13.7 Å². The number of Topliss-reactive ketones (excluding diaryl/α,β-unsaturated/α-hetero) is 1. The fraction of sp³-hybridized carbons (Fsp3) is 0.375. The lowest BCUT2D eigenvalue weighted by Crippen LogP contribution is -2.38. The van der Waals surface area contributed by atoms with Crippen LogP contribution < -0.4 is 14.8 Å². The van der Waals surface area contributed by atoms with Crippen molar-refractivity contribution < 1.29 is 23.8 Å². The Kier molecular flexibility index (Phi) is 7.71. The van der Waals surface area contributed by atoms with E-state index in [1.807, 2.05) is 56.4 Å². The maximum atomic E-state index is 13.5. The molecule has 9 nitrogen and oxygen atoms in total. The van der Waals surface area contributed by atoms with Crippen LogP contribution in [0.1, 0.15) is 63.3 Å². The molecule has 2 heterocycles. The van der Waals surface area contributed by atoms with Gasteiger partial charge in [-0.15, -0.1) is 5.10 Å². The smallest absolute Gasteiger partial charge is 0.336 e. The highest BCUT2D eigenvalue weighted by atomic mass is 16.5. The molecule has 214 valence electrons. The van der Waals surface area contributed by atoms with E-state index < -0.39 is 11.9 Å². The average Bonchev–Trinajstić information content (AvgIpc) is 3.40. The second kappa shape index (κ2) is 11.2. The van der Waals surface area contributed by atoms with Crippen LogP contribution in [0.2, 0.25) is 0 Å². The SMILES string of the molecule is CCOC(=O)C1=C(C)NC2=C(C(=O)CC(C)(C)C2)C1c1ccc(OCc2cn(-c3ccc(C)cc3)nn2)c(OC)c1. The predicted molar refractivity (Wildman–Crippen MR) is 154 cm³/mol. The van der Waals surface area contributed by atoms with E-state index in [2.05, 4.69) is 29.5 Å². The first-order valence-electron chi connectivity index (χ1n) is 13.8. The van der Waals surface area contributed by atoms with Crippen LogP contribution in [0.3, 0.4) is 0 Å². The highest BCUT2D eigenvalue weighted by molar-refractivity contribution is 6.04. The van der Waals surface area contributed by atoms with Crippen LogP contribution in [-0.2, 0) is 20.9 Å². The van der Waals surface area contributed by atoms with Gasteiger partial charge >= 0.3 is 5.97 Å². The zero-order valence-corrected chi connectivity index (χ0v) is 24.4. The number of ketones is 1. The number of nitrogens with zero attached hydrogens (tertiary/aromatic N) is 3. The second-order valence-corrected chi connectivity index (χ2v) is 11.3. The zero-order chi connectivity index (χ0) is 29.3. The van der Waals surface area contributed by atoms with Gasteiger partial charge in [-0.05, 0) is 62.4 Å². The van der Waals surface area contributed by atoms with Gasteiger partial charge in [0.25, 0.3) is 0 Å². The first-order valence-corrected chi connectivity index (χ1v) is 13.8. The molecule has 0 saturated carbocycles. The van der Waals surface area contributed by atoms with Gasteiger partial charge in [0.05, 0.1) is 31.2 Å². The Hall–Kier alpha value is -4.40. The van der Waals surface area contributed by atoms with Crippen LogP contribution in [0.4, 0.5) is 0 Å². The van der Waals surface area contributed by atoms with Gasteiger partial charge in [-0.25, -0.2) is 9.48 Å². The van der Waals surface area contributed by atoms with Crippen molar-refractivity contribution in [1.29, 1.82) is 0 Å². The number of aryl methyl sites for hydroxylation is 1. The van der Waals surface area contributed by atoms with Crippen LogP contribution in [0.5, 0.6) is 11.5 Å². The molecule has 0 spiro atoms. The largest absolute Gasteiger partial charge is 0.493 e. The normalized spacial score (nSPS) is 18.1. The molecule has 0 radical (unpaired) electrons. The van der Waals surface area contributed by atoms with Gasteiger partial charge in [0.2, 0.25) is 0 Å². The number of rotatable bonds is 8. The monoisotopic (exact) mass is 556 g/mol. The van der Waals surface area contributed by atoms with Crippen LogP contribution in [0, 0.1) is 12.3 Å². The van der Waals surface area contributed by atoms with E-state index in [1.54, 1.807) is 24.8 Å². The molecule has 0 fully saturated rings. The van der Waals surface area contributed by atoms with Crippen molar-refractivity contribution in [3.05, 3.63) is 88.0 Å². The van der Waals surface area contributed by atoms with Crippen LogP contribution in [-0.4, -0.2) is 40.5 Å². The summed E-state index contributed by atoms with van der Waals surface area (Å²) in [5, 5.41) is 11.8. The number of methoxy groups -OCH3 is 1. The number of hydrogen-bond donors (Lipinski definition) is 1. The summed E-state index contributed by atoms with van der Waals surface area (Å²) in [6.07, 6.45) is 2.93. The van der Waals surface area contributed by atoms with Crippen molar-refractivity contribution in [3.8, 4) is 17.2 Å². The number of ether oxygens (including phenoxy) is 3. The molecule has 0 bridgehead atoms. The van der Waals surface area contributed by atoms with Crippen molar-refractivity contribution in [2.24, 2.45) is 5.41 Å². The summed E-state index contributed by atoms with van der Waals surface area (Å²) in [5.74, 6) is 0.00484. The van der Waals surface area contributed by atoms with Gasteiger partial charge in [0.15, 0.2) is 17.3 Å². The number of nitrogens with one attached hydrogen (secondary N) is 1. The van der Waals surface area contributed by atoms with Crippen LogP contribution in [0.25, 0.3) is 5.69 Å². The third-order valence-corrected chi connectivity index (χ3v) is 7.47. The summed E-state index contributed by atoms with van der Waals surface area (Å²) < 4.78 is 18.9. The maximum absolute atomic E-state index is 13.5. The minimum atomic E-state index is -0.578. The summed E-state index contributed by atoms with van der Waals surface area (Å²) in [6.45, 7) is 10.2. The Balaban J connectivity index is 1.44. The lowest BCUT2D eigenvalue weighted by molar-refractivity contribution is -0.138. The van der Waals surface area contributed by atoms with Gasteiger partial charge in [0.1, 0.15) is 12.3 Å². The van der Waals surface area contributed by atoms with E-state index in [9.17, 15) is 9.59 Å². The standard InChI is InChI=1S/C32H36N4O5/c1-7-40-31(38)28-20(3)33-24-15-32(4,5)16-25(37)30(24)29(28)21-10-13-26(27(14-21)39-6)41-18-22-17-36(35-34-22)23-11-8-19(2)9-12-23/h8-14,17,29,33H,7,15-16,18H2,1-6H3. The van der Waals surface area contributed by atoms with Crippen molar-refractivity contribution in [3.63, 3.8) is 0 Å². The number of benzene rings is 2. The Labute approximate surface area is 240 Å². The number of carbonyl (C=O) groups is 2. The van der Waals surface area contributed by atoms with Gasteiger partial charge < -0.3 is 19.5 Å². The lowest BCUT2D eigenvalue weighted by Gasteiger charge is -2.39. The van der Waals surface area contributed by atoms with Crippen molar-refractivity contribution >= 4 is 11.8 Å². The number of hydrogen-bond acceptors (Lipinski definition) is 8. The van der Waals surface area contributed by atoms with E-state index >= 15 is 0 Å². The second-order valence-electron chi connectivity index (χ2n) is 11.3. The third-order valence-electron chi connectivity index (χ3n) is 7.47. The Morgan fingerprint density at radius 2 is 1.85 bits per heavy atom. The fourth-order valence-electron chi connectivity index (χ4n) is 5.57.